The van der Waals surface area contributed by atoms with Gasteiger partial charge in [-0.3, -0.25) is 9.59 Å². The molecule has 0 radical (unpaired) electrons. The number of ketones is 2. The third-order valence-corrected chi connectivity index (χ3v) is 5.81. The molecule has 3 rings (SSSR count). The molecule has 0 bridgehead atoms. The summed E-state index contributed by atoms with van der Waals surface area (Å²) >= 11 is 0. The van der Waals surface area contributed by atoms with Crippen LogP contribution in [0, 0.1) is 17.8 Å². The maximum atomic E-state index is 11.9. The van der Waals surface area contributed by atoms with E-state index < -0.39 is 0 Å². The van der Waals surface area contributed by atoms with E-state index in [2.05, 4.69) is 61.7 Å². The standard InChI is InChI=1S/C26H28O2/c1-4-20(25(27)5-2)15-18-7-11-21(12-8-18)22-13-9-19(10-14-22)16-23-17-24(23)26(28)6-3/h5-14,20,23-24H,2-4,15-17H2,1H3. The third kappa shape index (κ3) is 4.75. The summed E-state index contributed by atoms with van der Waals surface area (Å²) in [5.74, 6) is 0.976. The van der Waals surface area contributed by atoms with E-state index in [4.69, 9.17) is 0 Å². The van der Waals surface area contributed by atoms with Crippen molar-refractivity contribution >= 4 is 11.6 Å². The van der Waals surface area contributed by atoms with Crippen molar-refractivity contribution in [2.45, 2.75) is 32.6 Å². The molecule has 2 heteroatoms. The molecule has 1 fully saturated rings. The number of rotatable bonds is 10. The van der Waals surface area contributed by atoms with Crippen LogP contribution < -0.4 is 0 Å². The van der Waals surface area contributed by atoms with Crippen LogP contribution in [-0.4, -0.2) is 11.6 Å². The molecule has 3 unspecified atom stereocenters. The number of benzene rings is 2. The second-order valence-electron chi connectivity index (χ2n) is 7.72. The Morgan fingerprint density at radius 2 is 1.54 bits per heavy atom. The number of carbonyl (C=O) groups excluding carboxylic acids is 2. The van der Waals surface area contributed by atoms with E-state index in [-0.39, 0.29) is 23.4 Å². The predicted molar refractivity (Wildman–Crippen MR) is 115 cm³/mol. The smallest absolute Gasteiger partial charge is 0.158 e. The van der Waals surface area contributed by atoms with Crippen LogP contribution in [-0.2, 0) is 22.4 Å². The fraction of sp³-hybridized carbons (Fsp3) is 0.308. The predicted octanol–water partition coefficient (Wildman–Crippen LogP) is 5.61. The van der Waals surface area contributed by atoms with Gasteiger partial charge in [0, 0.05) is 11.8 Å². The topological polar surface area (TPSA) is 34.1 Å². The largest absolute Gasteiger partial charge is 0.295 e. The molecule has 28 heavy (non-hydrogen) atoms. The zero-order valence-corrected chi connectivity index (χ0v) is 16.6. The summed E-state index contributed by atoms with van der Waals surface area (Å²) in [4.78, 5) is 23.5. The van der Waals surface area contributed by atoms with Crippen molar-refractivity contribution in [2.24, 2.45) is 17.8 Å². The van der Waals surface area contributed by atoms with Crippen molar-refractivity contribution in [2.75, 3.05) is 0 Å². The SMILES string of the molecule is C=CC(=O)C(CC)Cc1ccc(-c2ccc(CC3CC3C(=O)C=C)cc2)cc1. The number of carbonyl (C=O) groups is 2. The average Bonchev–Trinajstić information content (AvgIpc) is 3.51. The molecular weight excluding hydrogens is 344 g/mol. The molecule has 0 saturated heterocycles. The van der Waals surface area contributed by atoms with Gasteiger partial charge in [0.25, 0.3) is 0 Å². The average molecular weight is 373 g/mol. The number of allylic oxidation sites excluding steroid dienone is 2. The molecule has 144 valence electrons. The number of hydrogen-bond acceptors (Lipinski definition) is 2. The molecule has 2 aromatic carbocycles. The van der Waals surface area contributed by atoms with E-state index in [9.17, 15) is 9.59 Å². The monoisotopic (exact) mass is 372 g/mol. The maximum Gasteiger partial charge on any atom is 0.158 e. The van der Waals surface area contributed by atoms with E-state index in [1.807, 2.05) is 6.92 Å². The van der Waals surface area contributed by atoms with E-state index >= 15 is 0 Å². The molecule has 1 aliphatic rings. The minimum absolute atomic E-state index is 0.0156. The van der Waals surface area contributed by atoms with Crippen LogP contribution in [0.3, 0.4) is 0 Å². The van der Waals surface area contributed by atoms with Crippen molar-refractivity contribution in [1.29, 1.82) is 0 Å². The Balaban J connectivity index is 1.61. The lowest BCUT2D eigenvalue weighted by Crippen LogP contribution is -2.13. The van der Waals surface area contributed by atoms with Gasteiger partial charge in [-0.25, -0.2) is 0 Å². The van der Waals surface area contributed by atoms with Gasteiger partial charge in [0.1, 0.15) is 0 Å². The van der Waals surface area contributed by atoms with Crippen LogP contribution >= 0.6 is 0 Å². The Bertz CT molecular complexity index is 858. The quantitative estimate of drug-likeness (QED) is 0.508. The molecule has 3 atom stereocenters. The zero-order valence-electron chi connectivity index (χ0n) is 16.6. The highest BCUT2D eigenvalue weighted by molar-refractivity contribution is 5.93. The van der Waals surface area contributed by atoms with Crippen LogP contribution in [0.2, 0.25) is 0 Å². The minimum Gasteiger partial charge on any atom is -0.295 e. The normalized spacial score (nSPS) is 18.9. The van der Waals surface area contributed by atoms with Gasteiger partial charge in [-0.2, -0.15) is 0 Å². The molecular formula is C26H28O2. The second kappa shape index (κ2) is 8.97. The van der Waals surface area contributed by atoms with Crippen LogP contribution in [0.15, 0.2) is 73.8 Å². The highest BCUT2D eigenvalue weighted by atomic mass is 16.1. The van der Waals surface area contributed by atoms with Gasteiger partial charge in [-0.05, 0) is 66.0 Å². The van der Waals surface area contributed by atoms with Gasteiger partial charge in [0.2, 0.25) is 0 Å². The third-order valence-electron chi connectivity index (χ3n) is 5.81. The van der Waals surface area contributed by atoms with Gasteiger partial charge in [-0.15, -0.1) is 0 Å². The van der Waals surface area contributed by atoms with Crippen molar-refractivity contribution < 1.29 is 9.59 Å². The molecule has 0 aliphatic heterocycles. The Morgan fingerprint density at radius 1 is 0.964 bits per heavy atom. The number of hydrogen-bond donors (Lipinski definition) is 0. The van der Waals surface area contributed by atoms with Crippen molar-refractivity contribution in [1.82, 2.24) is 0 Å². The van der Waals surface area contributed by atoms with E-state index in [1.54, 1.807) is 0 Å². The zero-order chi connectivity index (χ0) is 20.1. The summed E-state index contributed by atoms with van der Waals surface area (Å²) in [7, 11) is 0. The maximum absolute atomic E-state index is 11.9. The van der Waals surface area contributed by atoms with Crippen molar-refractivity contribution in [3.05, 3.63) is 85.0 Å². The summed E-state index contributed by atoms with van der Waals surface area (Å²) in [5, 5.41) is 0. The molecule has 2 aromatic rings. The Morgan fingerprint density at radius 3 is 2.04 bits per heavy atom. The van der Waals surface area contributed by atoms with Crippen molar-refractivity contribution in [3.63, 3.8) is 0 Å². The fourth-order valence-electron chi connectivity index (χ4n) is 3.84. The lowest BCUT2D eigenvalue weighted by Gasteiger charge is -2.12. The Labute approximate surface area is 168 Å². The molecule has 0 amide bonds. The lowest BCUT2D eigenvalue weighted by atomic mass is 9.92. The van der Waals surface area contributed by atoms with Crippen molar-refractivity contribution in [3.8, 4) is 11.1 Å². The Kier molecular flexibility index (Phi) is 6.41. The van der Waals surface area contributed by atoms with E-state index in [0.717, 1.165) is 25.7 Å². The van der Waals surface area contributed by atoms with Gasteiger partial charge >= 0.3 is 0 Å². The van der Waals surface area contributed by atoms with Crippen LogP contribution in [0.25, 0.3) is 11.1 Å². The fourth-order valence-corrected chi connectivity index (χ4v) is 3.84. The summed E-state index contributed by atoms with van der Waals surface area (Å²) in [6.45, 7) is 9.22. The van der Waals surface area contributed by atoms with E-state index in [0.29, 0.717) is 5.92 Å². The first kappa shape index (κ1) is 20.0. The van der Waals surface area contributed by atoms with Crippen LogP contribution in [0.1, 0.15) is 30.9 Å². The summed E-state index contributed by atoms with van der Waals surface area (Å²) in [6.07, 6.45) is 6.41. The highest BCUT2D eigenvalue weighted by Gasteiger charge is 2.40. The minimum atomic E-state index is 0.0156. The molecule has 0 heterocycles. The molecule has 0 N–H and O–H groups in total. The molecule has 0 spiro atoms. The summed E-state index contributed by atoms with van der Waals surface area (Å²) < 4.78 is 0. The lowest BCUT2D eigenvalue weighted by molar-refractivity contribution is -0.118. The Hall–Kier alpha value is -2.74. The molecule has 1 saturated carbocycles. The van der Waals surface area contributed by atoms with Gasteiger partial charge in [0.05, 0.1) is 0 Å². The highest BCUT2D eigenvalue weighted by Crippen LogP contribution is 2.42. The molecule has 0 aromatic heterocycles. The van der Waals surface area contributed by atoms with Crippen LogP contribution in [0.5, 0.6) is 0 Å². The van der Waals surface area contributed by atoms with Gasteiger partial charge < -0.3 is 0 Å². The summed E-state index contributed by atoms with van der Waals surface area (Å²) in [6, 6.07) is 17.1. The summed E-state index contributed by atoms with van der Waals surface area (Å²) in [5.41, 5.74) is 4.80. The molecule has 1 aliphatic carbocycles. The van der Waals surface area contributed by atoms with Gasteiger partial charge in [0.15, 0.2) is 11.6 Å². The second-order valence-corrected chi connectivity index (χ2v) is 7.72. The molecule has 2 nitrogen and oxygen atoms in total. The first-order valence-electron chi connectivity index (χ1n) is 10.1. The first-order chi connectivity index (χ1) is 13.5. The first-order valence-corrected chi connectivity index (χ1v) is 10.1. The van der Waals surface area contributed by atoms with E-state index in [1.165, 1.54) is 34.4 Å². The van der Waals surface area contributed by atoms with Gasteiger partial charge in [-0.1, -0.05) is 68.6 Å². The van der Waals surface area contributed by atoms with Crippen LogP contribution in [0.4, 0.5) is 0 Å².